The summed E-state index contributed by atoms with van der Waals surface area (Å²) < 4.78 is 25.7. The molecule has 1 aliphatic carbocycles. The van der Waals surface area contributed by atoms with E-state index in [4.69, 9.17) is 10.8 Å². The SMILES string of the molecule is CC1=C(F)C(F)=C(C)C(=N)C1=N. The molecule has 1 rings (SSSR count). The number of rotatable bonds is 0. The largest absolute Gasteiger partial charge is 0.298 e. The normalized spacial score (nSPS) is 19.3. The Morgan fingerprint density at radius 3 is 1.33 bits per heavy atom. The molecule has 0 bridgehead atoms. The van der Waals surface area contributed by atoms with Crippen LogP contribution in [0.25, 0.3) is 0 Å². The van der Waals surface area contributed by atoms with Gasteiger partial charge in [0.05, 0.1) is 11.4 Å². The van der Waals surface area contributed by atoms with Gasteiger partial charge in [0.1, 0.15) is 0 Å². The van der Waals surface area contributed by atoms with E-state index in [0.29, 0.717) is 0 Å². The molecule has 0 fully saturated rings. The first-order valence-electron chi connectivity index (χ1n) is 3.38. The Kier molecular flexibility index (Phi) is 1.92. The van der Waals surface area contributed by atoms with Crippen LogP contribution in [0.5, 0.6) is 0 Å². The Bertz CT molecular complexity index is 288. The van der Waals surface area contributed by atoms with Gasteiger partial charge < -0.3 is 0 Å². The molecule has 2 N–H and O–H groups in total. The predicted molar refractivity (Wildman–Crippen MR) is 43.1 cm³/mol. The van der Waals surface area contributed by atoms with Gasteiger partial charge in [-0.05, 0) is 13.8 Å². The molecule has 0 unspecified atom stereocenters. The van der Waals surface area contributed by atoms with Gasteiger partial charge in [-0.15, -0.1) is 0 Å². The zero-order valence-electron chi connectivity index (χ0n) is 6.76. The lowest BCUT2D eigenvalue weighted by atomic mass is 9.95. The van der Waals surface area contributed by atoms with Crippen molar-refractivity contribution in [3.63, 3.8) is 0 Å². The lowest BCUT2D eigenvalue weighted by Gasteiger charge is -2.14. The summed E-state index contributed by atoms with van der Waals surface area (Å²) >= 11 is 0. The second kappa shape index (κ2) is 2.62. The molecule has 0 atom stereocenters. The molecule has 1 aliphatic rings. The van der Waals surface area contributed by atoms with Gasteiger partial charge in [-0.2, -0.15) is 0 Å². The molecule has 64 valence electrons. The summed E-state index contributed by atoms with van der Waals surface area (Å²) in [6.07, 6.45) is 0. The summed E-state index contributed by atoms with van der Waals surface area (Å²) in [5.41, 5.74) is -0.705. The summed E-state index contributed by atoms with van der Waals surface area (Å²) in [4.78, 5) is 0. The van der Waals surface area contributed by atoms with Gasteiger partial charge in [0.25, 0.3) is 0 Å². The van der Waals surface area contributed by atoms with E-state index in [1.54, 1.807) is 0 Å². The van der Waals surface area contributed by atoms with Crippen molar-refractivity contribution in [2.75, 3.05) is 0 Å². The molecular weight excluding hydrogens is 162 g/mol. The van der Waals surface area contributed by atoms with Gasteiger partial charge in [-0.25, -0.2) is 8.78 Å². The number of hydrogen-bond donors (Lipinski definition) is 2. The molecule has 0 saturated heterocycles. The molecule has 12 heavy (non-hydrogen) atoms. The summed E-state index contributed by atoms with van der Waals surface area (Å²) in [6, 6.07) is 0. The highest BCUT2D eigenvalue weighted by molar-refractivity contribution is 6.52. The van der Waals surface area contributed by atoms with E-state index in [2.05, 4.69) is 0 Å². The molecule has 0 aromatic heterocycles. The standard InChI is InChI=1S/C8H8F2N2/c1-3-5(9)6(10)4(2)8(12)7(3)11/h11-12H,1-2H3. The maximum Gasteiger partial charge on any atom is 0.164 e. The van der Waals surface area contributed by atoms with E-state index in [1.165, 1.54) is 13.8 Å². The summed E-state index contributed by atoms with van der Waals surface area (Å²) in [6.45, 7) is 2.58. The lowest BCUT2D eigenvalue weighted by molar-refractivity contribution is 0.535. The van der Waals surface area contributed by atoms with Crippen molar-refractivity contribution >= 4 is 11.4 Å². The van der Waals surface area contributed by atoms with Crippen molar-refractivity contribution < 1.29 is 8.78 Å². The number of nitrogens with one attached hydrogen (secondary N) is 2. The smallest absolute Gasteiger partial charge is 0.164 e. The highest BCUT2D eigenvalue weighted by Gasteiger charge is 2.25. The Balaban J connectivity index is 3.37. The van der Waals surface area contributed by atoms with Gasteiger partial charge in [0, 0.05) is 11.1 Å². The number of allylic oxidation sites excluding steroid dienone is 4. The fraction of sp³-hybridized carbons (Fsp3) is 0.250. The van der Waals surface area contributed by atoms with Crippen molar-refractivity contribution in [3.8, 4) is 0 Å². The molecule has 0 aromatic carbocycles. The summed E-state index contributed by atoms with van der Waals surface area (Å²) in [5.74, 6) is -2.04. The Morgan fingerprint density at radius 1 is 0.833 bits per heavy atom. The molecule has 0 aromatic rings. The minimum Gasteiger partial charge on any atom is -0.298 e. The molecule has 0 heterocycles. The Morgan fingerprint density at radius 2 is 1.08 bits per heavy atom. The van der Waals surface area contributed by atoms with Crippen LogP contribution in [0.3, 0.4) is 0 Å². The second-order valence-electron chi connectivity index (χ2n) is 2.63. The summed E-state index contributed by atoms with van der Waals surface area (Å²) in [5, 5.41) is 14.5. The van der Waals surface area contributed by atoms with Crippen LogP contribution in [0.1, 0.15) is 13.8 Å². The van der Waals surface area contributed by atoms with E-state index < -0.39 is 11.7 Å². The van der Waals surface area contributed by atoms with Crippen LogP contribution in [-0.4, -0.2) is 11.4 Å². The third kappa shape index (κ3) is 0.995. The average molecular weight is 170 g/mol. The second-order valence-corrected chi connectivity index (χ2v) is 2.63. The highest BCUT2D eigenvalue weighted by atomic mass is 19.2. The third-order valence-electron chi connectivity index (χ3n) is 1.85. The van der Waals surface area contributed by atoms with Crippen LogP contribution in [0.2, 0.25) is 0 Å². The van der Waals surface area contributed by atoms with Gasteiger partial charge in [-0.1, -0.05) is 0 Å². The maximum atomic E-state index is 12.9. The molecule has 0 aliphatic heterocycles. The predicted octanol–water partition coefficient (Wildman–Crippen LogP) is 2.53. The van der Waals surface area contributed by atoms with Crippen molar-refractivity contribution in [1.29, 1.82) is 10.8 Å². The topological polar surface area (TPSA) is 47.7 Å². The molecular formula is C8H8F2N2. The minimum atomic E-state index is -1.02. The van der Waals surface area contributed by atoms with Crippen molar-refractivity contribution in [3.05, 3.63) is 22.8 Å². The Labute approximate surface area is 68.6 Å². The van der Waals surface area contributed by atoms with Gasteiger partial charge in [-0.3, -0.25) is 10.8 Å². The fourth-order valence-corrected chi connectivity index (χ4v) is 0.924. The fourth-order valence-electron chi connectivity index (χ4n) is 0.924. The van der Waals surface area contributed by atoms with Crippen LogP contribution in [0.4, 0.5) is 8.78 Å². The van der Waals surface area contributed by atoms with E-state index in [9.17, 15) is 8.78 Å². The van der Waals surface area contributed by atoms with Crippen LogP contribution in [0, 0.1) is 10.8 Å². The van der Waals surface area contributed by atoms with Crippen molar-refractivity contribution in [2.24, 2.45) is 0 Å². The Hall–Kier alpha value is -1.32. The minimum absolute atomic E-state index is 0.108. The maximum absolute atomic E-state index is 12.9. The van der Waals surface area contributed by atoms with Crippen LogP contribution in [-0.2, 0) is 0 Å². The first-order chi connectivity index (χ1) is 5.46. The highest BCUT2D eigenvalue weighted by Crippen LogP contribution is 2.27. The van der Waals surface area contributed by atoms with E-state index >= 15 is 0 Å². The average Bonchev–Trinajstić information content (AvgIpc) is 2.08. The van der Waals surface area contributed by atoms with Crippen LogP contribution >= 0.6 is 0 Å². The monoisotopic (exact) mass is 170 g/mol. The van der Waals surface area contributed by atoms with Gasteiger partial charge in [0.15, 0.2) is 11.7 Å². The third-order valence-corrected chi connectivity index (χ3v) is 1.85. The molecule has 0 saturated carbocycles. The van der Waals surface area contributed by atoms with Crippen molar-refractivity contribution in [2.45, 2.75) is 13.8 Å². The van der Waals surface area contributed by atoms with E-state index in [-0.39, 0.29) is 22.6 Å². The van der Waals surface area contributed by atoms with Crippen LogP contribution in [0.15, 0.2) is 22.8 Å². The lowest BCUT2D eigenvalue weighted by Crippen LogP contribution is -2.20. The zero-order chi connectivity index (χ0) is 9.46. The molecule has 0 spiro atoms. The first-order valence-corrected chi connectivity index (χ1v) is 3.38. The van der Waals surface area contributed by atoms with Gasteiger partial charge >= 0.3 is 0 Å². The van der Waals surface area contributed by atoms with Gasteiger partial charge in [0.2, 0.25) is 0 Å². The van der Waals surface area contributed by atoms with Crippen LogP contribution < -0.4 is 0 Å². The first kappa shape index (κ1) is 8.77. The molecule has 0 amide bonds. The quantitative estimate of drug-likeness (QED) is 0.525. The molecule has 2 nitrogen and oxygen atoms in total. The molecule has 4 heteroatoms. The van der Waals surface area contributed by atoms with E-state index in [1.807, 2.05) is 0 Å². The van der Waals surface area contributed by atoms with Crippen molar-refractivity contribution in [1.82, 2.24) is 0 Å². The zero-order valence-corrected chi connectivity index (χ0v) is 6.76. The number of hydrogen-bond acceptors (Lipinski definition) is 2. The molecule has 0 radical (unpaired) electrons. The number of halogens is 2. The van der Waals surface area contributed by atoms with E-state index in [0.717, 1.165) is 0 Å². The summed E-state index contributed by atoms with van der Waals surface area (Å²) in [7, 11) is 0.